The Bertz CT molecular complexity index is 754. The van der Waals surface area contributed by atoms with Crippen molar-refractivity contribution < 1.29 is 18.1 Å². The molecule has 0 aliphatic heterocycles. The lowest BCUT2D eigenvalue weighted by Gasteiger charge is -2.09. The second-order valence-corrected chi connectivity index (χ2v) is 3.78. The van der Waals surface area contributed by atoms with Gasteiger partial charge in [0.05, 0.1) is 4.92 Å². The Labute approximate surface area is 108 Å². The molecule has 0 amide bonds. The first-order valence-electron chi connectivity index (χ1n) is 5.22. The number of H-pyrrole nitrogens is 1. The van der Waals surface area contributed by atoms with Gasteiger partial charge in [0.15, 0.2) is 0 Å². The number of anilines is 1. The lowest BCUT2D eigenvalue weighted by Crippen LogP contribution is -2.16. The van der Waals surface area contributed by atoms with E-state index in [1.807, 2.05) is 4.98 Å². The topological polar surface area (TPSA) is 101 Å². The largest absolute Gasteiger partial charge is 0.433 e. The standard InChI is InChI=1S/C10H7F3N4O3/c1-14-6-4-2-3-5(10(11,12)13)15-8(4)16-9(18)7(6)17(19)20/h2-3H,1H3,(H2,14,15,16,18). The molecule has 2 rings (SSSR count). The van der Waals surface area contributed by atoms with Crippen LogP contribution < -0.4 is 10.9 Å². The molecule has 20 heavy (non-hydrogen) atoms. The minimum Gasteiger partial charge on any atom is -0.382 e. The van der Waals surface area contributed by atoms with Crippen LogP contribution in [0.5, 0.6) is 0 Å². The van der Waals surface area contributed by atoms with E-state index in [4.69, 9.17) is 0 Å². The third-order valence-electron chi connectivity index (χ3n) is 2.57. The molecule has 0 bridgehead atoms. The molecule has 2 heterocycles. The van der Waals surface area contributed by atoms with Crippen molar-refractivity contribution in [2.24, 2.45) is 0 Å². The number of pyridine rings is 2. The van der Waals surface area contributed by atoms with E-state index in [-0.39, 0.29) is 16.7 Å². The number of aromatic nitrogens is 2. The zero-order valence-corrected chi connectivity index (χ0v) is 9.91. The molecular weight excluding hydrogens is 281 g/mol. The summed E-state index contributed by atoms with van der Waals surface area (Å²) in [5.74, 6) is 0. The van der Waals surface area contributed by atoms with Crippen molar-refractivity contribution >= 4 is 22.4 Å². The third kappa shape index (κ3) is 2.15. The first kappa shape index (κ1) is 13.8. The summed E-state index contributed by atoms with van der Waals surface area (Å²) in [5.41, 5.74) is -3.66. The Morgan fingerprint density at radius 3 is 2.55 bits per heavy atom. The molecule has 0 unspecified atom stereocenters. The number of nitrogens with one attached hydrogen (secondary N) is 2. The highest BCUT2D eigenvalue weighted by molar-refractivity contribution is 5.93. The fourth-order valence-electron chi connectivity index (χ4n) is 1.75. The number of aromatic amines is 1. The minimum absolute atomic E-state index is 0.0202. The van der Waals surface area contributed by atoms with Gasteiger partial charge in [-0.1, -0.05) is 0 Å². The van der Waals surface area contributed by atoms with Crippen molar-refractivity contribution in [1.82, 2.24) is 9.97 Å². The van der Waals surface area contributed by atoms with Gasteiger partial charge in [-0.15, -0.1) is 0 Å². The summed E-state index contributed by atoms with van der Waals surface area (Å²) in [7, 11) is 1.32. The van der Waals surface area contributed by atoms with Gasteiger partial charge in [-0.25, -0.2) is 4.98 Å². The molecule has 2 N–H and O–H groups in total. The van der Waals surface area contributed by atoms with Crippen molar-refractivity contribution in [1.29, 1.82) is 0 Å². The van der Waals surface area contributed by atoms with Gasteiger partial charge < -0.3 is 10.3 Å². The Hall–Kier alpha value is -2.65. The molecule has 106 valence electrons. The Kier molecular flexibility index (Phi) is 3.08. The summed E-state index contributed by atoms with van der Waals surface area (Å²) in [4.78, 5) is 26.7. The number of hydrogen-bond donors (Lipinski definition) is 2. The number of hydrogen-bond acceptors (Lipinski definition) is 5. The van der Waals surface area contributed by atoms with Crippen LogP contribution in [-0.2, 0) is 6.18 Å². The molecular formula is C10H7F3N4O3. The van der Waals surface area contributed by atoms with Crippen LogP contribution in [0.25, 0.3) is 11.0 Å². The highest BCUT2D eigenvalue weighted by atomic mass is 19.4. The molecule has 0 spiro atoms. The minimum atomic E-state index is -4.67. The molecule has 2 aromatic rings. The first-order chi connectivity index (χ1) is 9.25. The quantitative estimate of drug-likeness (QED) is 0.649. The van der Waals surface area contributed by atoms with E-state index in [1.54, 1.807) is 0 Å². The number of alkyl halides is 3. The smallest absolute Gasteiger partial charge is 0.382 e. The monoisotopic (exact) mass is 288 g/mol. The van der Waals surface area contributed by atoms with E-state index < -0.39 is 28.0 Å². The third-order valence-corrected chi connectivity index (χ3v) is 2.57. The zero-order valence-electron chi connectivity index (χ0n) is 9.91. The summed E-state index contributed by atoms with van der Waals surface area (Å²) in [6, 6.07) is 1.70. The molecule has 7 nitrogen and oxygen atoms in total. The van der Waals surface area contributed by atoms with Crippen molar-refractivity contribution in [2.75, 3.05) is 12.4 Å². The number of halogens is 3. The molecule has 0 saturated heterocycles. The van der Waals surface area contributed by atoms with E-state index >= 15 is 0 Å². The maximum atomic E-state index is 12.5. The van der Waals surface area contributed by atoms with E-state index in [9.17, 15) is 28.1 Å². The number of nitrogens with zero attached hydrogens (tertiary/aromatic N) is 2. The van der Waals surface area contributed by atoms with Crippen molar-refractivity contribution in [2.45, 2.75) is 6.18 Å². The van der Waals surface area contributed by atoms with Gasteiger partial charge in [0.2, 0.25) is 0 Å². The summed E-state index contributed by atoms with van der Waals surface area (Å²) >= 11 is 0. The molecule has 0 fully saturated rings. The number of fused-ring (bicyclic) bond motifs is 1. The van der Waals surface area contributed by atoms with Gasteiger partial charge in [0, 0.05) is 12.4 Å². The zero-order chi connectivity index (χ0) is 15.1. The lowest BCUT2D eigenvalue weighted by atomic mass is 10.2. The lowest BCUT2D eigenvalue weighted by molar-refractivity contribution is -0.385. The van der Waals surface area contributed by atoms with Crippen LogP contribution in [0, 0.1) is 10.1 Å². The van der Waals surface area contributed by atoms with Crippen molar-refractivity contribution in [3.63, 3.8) is 0 Å². The van der Waals surface area contributed by atoms with Gasteiger partial charge in [0.1, 0.15) is 17.0 Å². The fourth-order valence-corrected chi connectivity index (χ4v) is 1.75. The molecule has 0 aliphatic carbocycles. The van der Waals surface area contributed by atoms with Crippen LogP contribution in [0.2, 0.25) is 0 Å². The molecule has 10 heteroatoms. The van der Waals surface area contributed by atoms with Crippen molar-refractivity contribution in [3.8, 4) is 0 Å². The molecule has 2 aromatic heterocycles. The van der Waals surface area contributed by atoms with E-state index in [1.165, 1.54) is 7.05 Å². The van der Waals surface area contributed by atoms with Gasteiger partial charge in [-0.05, 0) is 12.1 Å². The Balaban J connectivity index is 2.85. The molecule has 0 aliphatic rings. The fraction of sp³-hybridized carbons (Fsp3) is 0.200. The van der Waals surface area contributed by atoms with E-state index in [0.29, 0.717) is 6.07 Å². The highest BCUT2D eigenvalue weighted by Gasteiger charge is 2.33. The van der Waals surface area contributed by atoms with Crippen molar-refractivity contribution in [3.05, 3.63) is 38.3 Å². The number of nitro groups is 1. The van der Waals surface area contributed by atoms with Crippen LogP contribution in [-0.4, -0.2) is 21.9 Å². The predicted molar refractivity (Wildman–Crippen MR) is 63.6 cm³/mol. The van der Waals surface area contributed by atoms with Gasteiger partial charge in [0.25, 0.3) is 0 Å². The van der Waals surface area contributed by atoms with Crippen LogP contribution >= 0.6 is 0 Å². The SMILES string of the molecule is CNc1c([N+](=O)[O-])c(=O)[nH]c2nc(C(F)(F)F)ccc12. The average Bonchev–Trinajstić information content (AvgIpc) is 2.34. The van der Waals surface area contributed by atoms with Crippen LogP contribution in [0.4, 0.5) is 24.5 Å². The van der Waals surface area contributed by atoms with Gasteiger partial charge in [-0.3, -0.25) is 14.9 Å². The summed E-state index contributed by atoms with van der Waals surface area (Å²) in [6.45, 7) is 0. The Morgan fingerprint density at radius 2 is 2.05 bits per heavy atom. The van der Waals surface area contributed by atoms with Gasteiger partial charge >= 0.3 is 17.4 Å². The normalized spacial score (nSPS) is 11.6. The molecule has 0 saturated carbocycles. The maximum absolute atomic E-state index is 12.5. The molecule has 0 atom stereocenters. The maximum Gasteiger partial charge on any atom is 0.433 e. The average molecular weight is 288 g/mol. The summed E-state index contributed by atoms with van der Waals surface area (Å²) in [6.07, 6.45) is -4.67. The Morgan fingerprint density at radius 1 is 1.40 bits per heavy atom. The van der Waals surface area contributed by atoms with E-state index in [2.05, 4.69) is 10.3 Å². The van der Waals surface area contributed by atoms with Crippen LogP contribution in [0.15, 0.2) is 16.9 Å². The highest BCUT2D eigenvalue weighted by Crippen LogP contribution is 2.32. The summed E-state index contributed by atoms with van der Waals surface area (Å²) < 4.78 is 37.6. The second kappa shape index (κ2) is 4.47. The molecule has 0 aromatic carbocycles. The predicted octanol–water partition coefficient (Wildman–Crippen LogP) is 1.89. The molecule has 0 radical (unpaired) electrons. The van der Waals surface area contributed by atoms with Crippen LogP contribution in [0.1, 0.15) is 5.69 Å². The first-order valence-corrected chi connectivity index (χ1v) is 5.22. The second-order valence-electron chi connectivity index (χ2n) is 3.78. The van der Waals surface area contributed by atoms with Gasteiger partial charge in [-0.2, -0.15) is 13.2 Å². The van der Waals surface area contributed by atoms with Crippen LogP contribution in [0.3, 0.4) is 0 Å². The number of rotatable bonds is 2. The van der Waals surface area contributed by atoms with E-state index in [0.717, 1.165) is 6.07 Å². The summed E-state index contributed by atoms with van der Waals surface area (Å²) in [5, 5.41) is 13.3.